The van der Waals surface area contributed by atoms with Crippen LogP contribution in [0.1, 0.15) is 27.8 Å². The molecule has 0 aromatic carbocycles. The van der Waals surface area contributed by atoms with Crippen molar-refractivity contribution in [3.8, 4) is 0 Å². The maximum Gasteiger partial charge on any atom is 0.339 e. The monoisotopic (exact) mass is 262 g/mol. The lowest BCUT2D eigenvalue weighted by molar-refractivity contribution is 0.0697. The number of carboxylic acids is 1. The average molecular weight is 262 g/mol. The molecule has 2 N–H and O–H groups in total. The molecule has 2 rings (SSSR count). The number of nitrogens with one attached hydrogen (secondary N) is 1. The van der Waals surface area contributed by atoms with Crippen LogP contribution in [0.2, 0.25) is 0 Å². The number of pyridine rings is 1. The highest BCUT2D eigenvalue weighted by atomic mass is 16.5. The second-order valence-corrected chi connectivity index (χ2v) is 4.07. The summed E-state index contributed by atoms with van der Waals surface area (Å²) in [6.45, 7) is 4.02. The average Bonchev–Trinajstić information content (AvgIpc) is 2.75. The first-order valence-electron chi connectivity index (χ1n) is 5.80. The zero-order valence-corrected chi connectivity index (χ0v) is 10.7. The van der Waals surface area contributed by atoms with Gasteiger partial charge in [0.1, 0.15) is 11.4 Å². The lowest BCUT2D eigenvalue weighted by Gasteiger charge is -2.08. The molecule has 2 aromatic rings. The Kier molecular flexibility index (Phi) is 3.74. The van der Waals surface area contributed by atoms with Crippen molar-refractivity contribution in [2.75, 3.05) is 11.9 Å². The van der Waals surface area contributed by atoms with Gasteiger partial charge in [0, 0.05) is 18.7 Å². The third-order valence-electron chi connectivity index (χ3n) is 2.47. The molecule has 0 radical (unpaired) electrons. The number of rotatable bonds is 5. The third-order valence-corrected chi connectivity index (χ3v) is 2.47. The molecule has 7 nitrogen and oxygen atoms in total. The molecule has 0 unspecified atom stereocenters. The summed E-state index contributed by atoms with van der Waals surface area (Å²) in [6, 6.07) is 3.19. The van der Waals surface area contributed by atoms with Crippen molar-refractivity contribution >= 4 is 11.8 Å². The second-order valence-electron chi connectivity index (χ2n) is 4.07. The molecule has 0 aliphatic carbocycles. The summed E-state index contributed by atoms with van der Waals surface area (Å²) in [5.74, 6) is 0.428. The Morgan fingerprint density at radius 2 is 2.16 bits per heavy atom. The number of hydrogen-bond acceptors (Lipinski definition) is 6. The number of hydrogen-bond donors (Lipinski definition) is 2. The molecular weight excluding hydrogens is 248 g/mol. The maximum absolute atomic E-state index is 11.0. The molecule has 0 bridgehead atoms. The zero-order valence-electron chi connectivity index (χ0n) is 10.7. The van der Waals surface area contributed by atoms with Crippen molar-refractivity contribution in [2.45, 2.75) is 20.3 Å². The zero-order chi connectivity index (χ0) is 13.8. The topological polar surface area (TPSA) is 101 Å². The Bertz CT molecular complexity index is 594. The van der Waals surface area contributed by atoms with Gasteiger partial charge < -0.3 is 14.9 Å². The highest BCUT2D eigenvalue weighted by Gasteiger charge is 2.11. The number of aryl methyl sites for hydroxylation is 2. The van der Waals surface area contributed by atoms with E-state index in [4.69, 9.17) is 9.63 Å². The smallest absolute Gasteiger partial charge is 0.339 e. The Labute approximate surface area is 109 Å². The predicted molar refractivity (Wildman–Crippen MR) is 67.2 cm³/mol. The Morgan fingerprint density at radius 1 is 1.37 bits per heavy atom. The summed E-state index contributed by atoms with van der Waals surface area (Å²) in [6.07, 6.45) is 0.509. The number of carbonyl (C=O) groups is 1. The normalized spacial score (nSPS) is 10.4. The SMILES string of the molecule is Cc1ccc(C(=O)O)c(NCCc2nc(C)no2)n1. The van der Waals surface area contributed by atoms with Crippen LogP contribution >= 0.6 is 0 Å². The van der Waals surface area contributed by atoms with Crippen LogP contribution in [0.3, 0.4) is 0 Å². The van der Waals surface area contributed by atoms with Gasteiger partial charge in [0.25, 0.3) is 0 Å². The van der Waals surface area contributed by atoms with Gasteiger partial charge in [-0.25, -0.2) is 9.78 Å². The fourth-order valence-electron chi connectivity index (χ4n) is 1.59. The van der Waals surface area contributed by atoms with E-state index in [0.29, 0.717) is 30.5 Å². The number of aromatic carboxylic acids is 1. The molecule has 0 atom stereocenters. The molecule has 0 saturated carbocycles. The van der Waals surface area contributed by atoms with E-state index >= 15 is 0 Å². The van der Waals surface area contributed by atoms with Crippen LogP contribution in [0.25, 0.3) is 0 Å². The molecule has 0 amide bonds. The van der Waals surface area contributed by atoms with Crippen LogP contribution in [-0.4, -0.2) is 32.7 Å². The molecule has 0 aliphatic rings. The number of nitrogens with zero attached hydrogens (tertiary/aromatic N) is 3. The van der Waals surface area contributed by atoms with Gasteiger partial charge in [0.05, 0.1) is 0 Å². The summed E-state index contributed by atoms with van der Waals surface area (Å²) < 4.78 is 4.97. The summed E-state index contributed by atoms with van der Waals surface area (Å²) >= 11 is 0. The summed E-state index contributed by atoms with van der Waals surface area (Å²) in [5.41, 5.74) is 0.897. The Hall–Kier alpha value is -2.44. The fraction of sp³-hybridized carbons (Fsp3) is 0.333. The Balaban J connectivity index is 2.02. The van der Waals surface area contributed by atoms with Crippen LogP contribution in [0, 0.1) is 13.8 Å². The van der Waals surface area contributed by atoms with Crippen molar-refractivity contribution in [1.82, 2.24) is 15.1 Å². The first-order chi connectivity index (χ1) is 9.06. The quantitative estimate of drug-likeness (QED) is 0.840. The van der Waals surface area contributed by atoms with Crippen molar-refractivity contribution < 1.29 is 14.4 Å². The van der Waals surface area contributed by atoms with Crippen molar-refractivity contribution in [3.63, 3.8) is 0 Å². The molecule has 0 aliphatic heterocycles. The van der Waals surface area contributed by atoms with E-state index < -0.39 is 5.97 Å². The lowest BCUT2D eigenvalue weighted by atomic mass is 10.2. The van der Waals surface area contributed by atoms with Crippen LogP contribution in [0.15, 0.2) is 16.7 Å². The maximum atomic E-state index is 11.0. The summed E-state index contributed by atoms with van der Waals surface area (Å²) in [7, 11) is 0. The molecule has 2 aromatic heterocycles. The van der Waals surface area contributed by atoms with E-state index in [1.54, 1.807) is 19.9 Å². The number of carboxylic acid groups (broad SMARTS) is 1. The predicted octanol–water partition coefficient (Wildman–Crippen LogP) is 1.43. The first-order valence-corrected chi connectivity index (χ1v) is 5.80. The number of anilines is 1. The highest BCUT2D eigenvalue weighted by molar-refractivity contribution is 5.93. The summed E-state index contributed by atoms with van der Waals surface area (Å²) in [4.78, 5) is 19.3. The molecular formula is C12H14N4O3. The standard InChI is InChI=1S/C12H14N4O3/c1-7-3-4-9(12(17)18)11(14-7)13-6-5-10-15-8(2)16-19-10/h3-4H,5-6H2,1-2H3,(H,13,14)(H,17,18). The first kappa shape index (κ1) is 13.0. The number of aromatic nitrogens is 3. The highest BCUT2D eigenvalue weighted by Crippen LogP contribution is 2.13. The van der Waals surface area contributed by atoms with Crippen LogP contribution < -0.4 is 5.32 Å². The van der Waals surface area contributed by atoms with Crippen LogP contribution in [-0.2, 0) is 6.42 Å². The minimum atomic E-state index is -1.01. The molecule has 19 heavy (non-hydrogen) atoms. The minimum Gasteiger partial charge on any atom is -0.478 e. The second kappa shape index (κ2) is 5.47. The van der Waals surface area contributed by atoms with Crippen molar-refractivity contribution in [3.05, 3.63) is 35.1 Å². The fourth-order valence-corrected chi connectivity index (χ4v) is 1.59. The Morgan fingerprint density at radius 3 is 2.79 bits per heavy atom. The molecule has 100 valence electrons. The van der Waals surface area contributed by atoms with E-state index in [2.05, 4.69) is 20.4 Å². The molecule has 0 saturated heterocycles. The van der Waals surface area contributed by atoms with Gasteiger partial charge in [-0.15, -0.1) is 0 Å². The molecule has 2 heterocycles. The van der Waals surface area contributed by atoms with Gasteiger partial charge in [0.15, 0.2) is 5.82 Å². The molecule has 7 heteroatoms. The minimum absolute atomic E-state index is 0.146. The van der Waals surface area contributed by atoms with E-state index in [9.17, 15) is 4.79 Å². The van der Waals surface area contributed by atoms with E-state index in [0.717, 1.165) is 5.69 Å². The van der Waals surface area contributed by atoms with Crippen LogP contribution in [0.4, 0.5) is 5.82 Å². The van der Waals surface area contributed by atoms with Gasteiger partial charge in [-0.05, 0) is 26.0 Å². The lowest BCUT2D eigenvalue weighted by Crippen LogP contribution is -2.11. The molecule has 0 fully saturated rings. The van der Waals surface area contributed by atoms with E-state index in [-0.39, 0.29) is 5.56 Å². The van der Waals surface area contributed by atoms with Gasteiger partial charge in [-0.2, -0.15) is 4.98 Å². The van der Waals surface area contributed by atoms with Gasteiger partial charge in [-0.1, -0.05) is 5.16 Å². The van der Waals surface area contributed by atoms with Crippen molar-refractivity contribution in [1.29, 1.82) is 0 Å². The van der Waals surface area contributed by atoms with Gasteiger partial charge in [0.2, 0.25) is 5.89 Å². The largest absolute Gasteiger partial charge is 0.478 e. The summed E-state index contributed by atoms with van der Waals surface area (Å²) in [5, 5.41) is 15.7. The molecule has 0 spiro atoms. The third kappa shape index (κ3) is 3.27. The van der Waals surface area contributed by atoms with Crippen LogP contribution in [0.5, 0.6) is 0 Å². The van der Waals surface area contributed by atoms with Gasteiger partial charge in [-0.3, -0.25) is 0 Å². The van der Waals surface area contributed by atoms with Gasteiger partial charge >= 0.3 is 5.97 Å². The van der Waals surface area contributed by atoms with E-state index in [1.807, 2.05) is 0 Å². The van der Waals surface area contributed by atoms with Crippen molar-refractivity contribution in [2.24, 2.45) is 0 Å². The van der Waals surface area contributed by atoms with E-state index in [1.165, 1.54) is 6.07 Å².